The molecular weight excluding hydrogens is 787 g/mol. The topological polar surface area (TPSA) is 210 Å². The predicted octanol–water partition coefficient (Wildman–Crippen LogP) is 5.01. The van der Waals surface area contributed by atoms with E-state index < -0.39 is 35.7 Å². The van der Waals surface area contributed by atoms with E-state index in [2.05, 4.69) is 29.1 Å². The lowest BCUT2D eigenvalue weighted by molar-refractivity contribution is -0.135. The minimum absolute atomic E-state index is 0.00711. The molecule has 15 heteroatoms. The van der Waals surface area contributed by atoms with Crippen LogP contribution in [-0.4, -0.2) is 118 Å². The van der Waals surface area contributed by atoms with Crippen molar-refractivity contribution < 1.29 is 57.3 Å². The van der Waals surface area contributed by atoms with E-state index in [4.69, 9.17) is 18.9 Å². The van der Waals surface area contributed by atoms with Crippen LogP contribution in [0.3, 0.4) is 0 Å². The zero-order chi connectivity index (χ0) is 46.3. The standard InChI is InChI=1S/C46H77N3O12/c1-31(2)25-37(45(56)47-18-20-59-22-23-60-29-39(50)15-12-11-13-16-40(51)33(5)6)27-43(54)36(10)49-46(57)38(26-32(3)4)28-42(53)35(9)48-44(55)30-61-24-21-58-19-14-17-41(52)34(7)8/h31-32,35-38H,5,7,11-30H2,1-4,6,8-10H3,(H,47,56)(H,48,55)(H,49,57). The Bertz CT molecular complexity index is 1430. The van der Waals surface area contributed by atoms with Crippen LogP contribution in [0.25, 0.3) is 0 Å². The molecule has 0 spiro atoms. The summed E-state index contributed by atoms with van der Waals surface area (Å²) in [6, 6.07) is -1.77. The molecule has 0 aromatic heterocycles. The van der Waals surface area contributed by atoms with Crippen LogP contribution in [0, 0.1) is 23.7 Å². The molecule has 0 bridgehead atoms. The summed E-state index contributed by atoms with van der Waals surface area (Å²) in [6.45, 7) is 22.9. The smallest absolute Gasteiger partial charge is 0.246 e. The number of ether oxygens (including phenoxy) is 4. The Kier molecular flexibility index (Phi) is 31.5. The molecule has 4 atom stereocenters. The second kappa shape index (κ2) is 33.7. The Labute approximate surface area is 364 Å². The van der Waals surface area contributed by atoms with Crippen molar-refractivity contribution in [1.82, 2.24) is 16.0 Å². The van der Waals surface area contributed by atoms with Gasteiger partial charge in [-0.25, -0.2) is 0 Å². The minimum atomic E-state index is -0.899. The fourth-order valence-electron chi connectivity index (χ4n) is 6.12. The Hall–Kier alpha value is -3.92. The molecule has 0 aliphatic carbocycles. The summed E-state index contributed by atoms with van der Waals surface area (Å²) in [5, 5.41) is 8.19. The van der Waals surface area contributed by atoms with Gasteiger partial charge >= 0.3 is 0 Å². The maximum absolute atomic E-state index is 13.4. The Balaban J connectivity index is 4.71. The Morgan fingerprint density at radius 1 is 0.508 bits per heavy atom. The van der Waals surface area contributed by atoms with E-state index in [0.29, 0.717) is 62.7 Å². The van der Waals surface area contributed by atoms with Crippen LogP contribution in [0.4, 0.5) is 0 Å². The van der Waals surface area contributed by atoms with Crippen molar-refractivity contribution in [2.24, 2.45) is 23.7 Å². The van der Waals surface area contributed by atoms with Crippen molar-refractivity contribution in [2.45, 2.75) is 138 Å². The SMILES string of the molecule is C=C(C)C(=O)CCCCCC(=O)COCCOCCNC(=O)C(CC(=O)C(C)NC(=O)C(CC(=O)C(C)NC(=O)COCCOCCCC(=O)C(=C)C)CC(C)C)CC(C)C. The lowest BCUT2D eigenvalue weighted by Crippen LogP contribution is -2.46. The number of nitrogens with one attached hydrogen (secondary N) is 3. The summed E-state index contributed by atoms with van der Waals surface area (Å²) in [7, 11) is 0. The number of amides is 3. The molecule has 0 rings (SSSR count). The average molecular weight is 864 g/mol. The first-order chi connectivity index (χ1) is 28.7. The molecule has 0 aliphatic rings. The van der Waals surface area contributed by atoms with E-state index in [1.165, 1.54) is 0 Å². The van der Waals surface area contributed by atoms with Crippen LogP contribution in [0.1, 0.15) is 126 Å². The number of unbranched alkanes of at least 4 members (excludes halogenated alkanes) is 2. The van der Waals surface area contributed by atoms with E-state index in [9.17, 15) is 38.4 Å². The number of Topliss-reactive ketones (excluding diaryl/α,β-unsaturated/α-hetero) is 5. The van der Waals surface area contributed by atoms with Crippen LogP contribution in [0.2, 0.25) is 0 Å². The minimum Gasteiger partial charge on any atom is -0.379 e. The Morgan fingerprint density at radius 2 is 0.967 bits per heavy atom. The van der Waals surface area contributed by atoms with Gasteiger partial charge in [0, 0.05) is 57.1 Å². The molecule has 0 radical (unpaired) electrons. The van der Waals surface area contributed by atoms with Crippen LogP contribution in [0.5, 0.6) is 0 Å². The summed E-state index contributed by atoms with van der Waals surface area (Å²) >= 11 is 0. The number of hydrogen-bond donors (Lipinski definition) is 3. The predicted molar refractivity (Wildman–Crippen MR) is 234 cm³/mol. The molecule has 0 aliphatic heterocycles. The van der Waals surface area contributed by atoms with Crippen molar-refractivity contribution in [3.63, 3.8) is 0 Å². The first kappa shape index (κ1) is 57.1. The lowest BCUT2D eigenvalue weighted by Gasteiger charge is -2.24. The lowest BCUT2D eigenvalue weighted by atomic mass is 9.88. The number of hydrogen-bond acceptors (Lipinski definition) is 12. The number of rotatable bonds is 39. The molecule has 3 amide bonds. The highest BCUT2D eigenvalue weighted by Crippen LogP contribution is 2.20. The largest absolute Gasteiger partial charge is 0.379 e. The van der Waals surface area contributed by atoms with Crippen molar-refractivity contribution >= 4 is 46.6 Å². The second-order valence-corrected chi connectivity index (χ2v) is 16.7. The van der Waals surface area contributed by atoms with Crippen molar-refractivity contribution in [1.29, 1.82) is 0 Å². The van der Waals surface area contributed by atoms with E-state index in [-0.39, 0.29) is 112 Å². The molecule has 3 N–H and O–H groups in total. The monoisotopic (exact) mass is 864 g/mol. The maximum Gasteiger partial charge on any atom is 0.246 e. The van der Waals surface area contributed by atoms with Gasteiger partial charge in [0.1, 0.15) is 13.2 Å². The van der Waals surface area contributed by atoms with Crippen LogP contribution in [-0.2, 0) is 57.3 Å². The molecular formula is C46H77N3O12. The van der Waals surface area contributed by atoms with E-state index in [0.717, 1.165) is 12.8 Å². The molecule has 4 unspecified atom stereocenters. The van der Waals surface area contributed by atoms with Gasteiger partial charge in [-0.2, -0.15) is 0 Å². The number of ketones is 5. The fraction of sp³-hybridized carbons (Fsp3) is 0.739. The fourth-order valence-corrected chi connectivity index (χ4v) is 6.12. The number of carbonyl (C=O) groups excluding carboxylic acids is 8. The normalized spacial score (nSPS) is 13.2. The highest BCUT2D eigenvalue weighted by Gasteiger charge is 2.30. The molecule has 0 heterocycles. The van der Waals surface area contributed by atoms with Gasteiger partial charge in [-0.15, -0.1) is 0 Å². The highest BCUT2D eigenvalue weighted by molar-refractivity contribution is 5.96. The van der Waals surface area contributed by atoms with Gasteiger partial charge in [-0.05, 0) is 82.8 Å². The van der Waals surface area contributed by atoms with Gasteiger partial charge < -0.3 is 34.9 Å². The third-order valence-corrected chi connectivity index (χ3v) is 9.64. The maximum atomic E-state index is 13.4. The molecule has 61 heavy (non-hydrogen) atoms. The van der Waals surface area contributed by atoms with Gasteiger partial charge in [0.2, 0.25) is 17.7 Å². The third-order valence-electron chi connectivity index (χ3n) is 9.64. The van der Waals surface area contributed by atoms with Crippen molar-refractivity contribution in [3.05, 3.63) is 24.3 Å². The summed E-state index contributed by atoms with van der Waals surface area (Å²) in [4.78, 5) is 101. The van der Waals surface area contributed by atoms with Gasteiger partial charge in [-0.1, -0.05) is 47.3 Å². The Morgan fingerprint density at radius 3 is 1.51 bits per heavy atom. The zero-order valence-corrected chi connectivity index (χ0v) is 38.4. The average Bonchev–Trinajstić information content (AvgIpc) is 3.18. The highest BCUT2D eigenvalue weighted by atomic mass is 16.5. The van der Waals surface area contributed by atoms with E-state index in [1.807, 2.05) is 27.7 Å². The van der Waals surface area contributed by atoms with Crippen LogP contribution in [0.15, 0.2) is 24.3 Å². The van der Waals surface area contributed by atoms with E-state index >= 15 is 0 Å². The summed E-state index contributed by atoms with van der Waals surface area (Å²) in [5.41, 5.74) is 1.06. The summed E-state index contributed by atoms with van der Waals surface area (Å²) in [5.74, 6) is -3.02. The quantitative estimate of drug-likeness (QED) is 0.0551. The summed E-state index contributed by atoms with van der Waals surface area (Å²) < 4.78 is 21.7. The van der Waals surface area contributed by atoms with Crippen molar-refractivity contribution in [2.75, 3.05) is 59.4 Å². The van der Waals surface area contributed by atoms with Gasteiger partial charge in [0.25, 0.3) is 0 Å². The van der Waals surface area contributed by atoms with Gasteiger partial charge in [-0.3, -0.25) is 38.4 Å². The first-order valence-corrected chi connectivity index (χ1v) is 21.9. The second-order valence-electron chi connectivity index (χ2n) is 16.7. The number of carbonyl (C=O) groups is 8. The third kappa shape index (κ3) is 29.9. The molecule has 0 aromatic carbocycles. The number of allylic oxidation sites excluding steroid dienone is 2. The van der Waals surface area contributed by atoms with E-state index in [1.54, 1.807) is 27.7 Å². The zero-order valence-electron chi connectivity index (χ0n) is 38.4. The molecule has 0 aromatic rings. The first-order valence-electron chi connectivity index (χ1n) is 21.9. The molecule has 15 nitrogen and oxygen atoms in total. The molecule has 0 saturated carbocycles. The van der Waals surface area contributed by atoms with Crippen molar-refractivity contribution in [3.8, 4) is 0 Å². The summed E-state index contributed by atoms with van der Waals surface area (Å²) in [6.07, 6.45) is 4.60. The van der Waals surface area contributed by atoms with Crippen LogP contribution >= 0.6 is 0 Å². The molecule has 348 valence electrons. The molecule has 0 fully saturated rings. The van der Waals surface area contributed by atoms with Gasteiger partial charge in [0.15, 0.2) is 28.9 Å². The van der Waals surface area contributed by atoms with Gasteiger partial charge in [0.05, 0.1) is 45.1 Å². The molecule has 0 saturated heterocycles. The van der Waals surface area contributed by atoms with Crippen LogP contribution < -0.4 is 16.0 Å².